The van der Waals surface area contributed by atoms with Gasteiger partial charge < -0.3 is 30.3 Å². The number of alkyl halides is 3. The van der Waals surface area contributed by atoms with Crippen molar-refractivity contribution in [3.63, 3.8) is 0 Å². The van der Waals surface area contributed by atoms with Crippen LogP contribution in [0.1, 0.15) is 16.7 Å². The zero-order valence-electron chi connectivity index (χ0n) is 16.5. The van der Waals surface area contributed by atoms with Crippen LogP contribution >= 0.6 is 15.9 Å². The number of aliphatic hydroxyl groups is 2. The molecule has 0 unspecified atom stereocenters. The Balaban J connectivity index is 1.90. The number of aliphatic hydroxyl groups excluding tert-OH is 2. The summed E-state index contributed by atoms with van der Waals surface area (Å²) in [6, 6.07) is 7.27. The number of nitrogens with one attached hydrogen (secondary N) is 2. The monoisotopic (exact) mass is 506 g/mol. The van der Waals surface area contributed by atoms with Crippen molar-refractivity contribution in [1.29, 1.82) is 0 Å². The highest BCUT2D eigenvalue weighted by Crippen LogP contribution is 2.33. The van der Waals surface area contributed by atoms with Crippen LogP contribution in [0.2, 0.25) is 0 Å². The topological polar surface area (TPSA) is 100 Å². The first-order valence-electron chi connectivity index (χ1n) is 9.10. The van der Waals surface area contributed by atoms with E-state index in [-0.39, 0.29) is 19.7 Å². The number of halogens is 4. The van der Waals surface area contributed by atoms with Crippen LogP contribution in [0, 0.1) is 0 Å². The van der Waals surface area contributed by atoms with Gasteiger partial charge >= 0.3 is 12.2 Å². The van der Waals surface area contributed by atoms with E-state index >= 15 is 0 Å². The predicted octanol–water partition coefficient (Wildman–Crippen LogP) is 3.21. The van der Waals surface area contributed by atoms with Crippen molar-refractivity contribution in [3.8, 4) is 11.5 Å². The smallest absolute Gasteiger partial charge is 0.416 e. The molecule has 0 bridgehead atoms. The lowest BCUT2D eigenvalue weighted by molar-refractivity contribution is -0.137. The van der Waals surface area contributed by atoms with Crippen LogP contribution in [0.15, 0.2) is 40.9 Å². The van der Waals surface area contributed by atoms with Gasteiger partial charge in [0.2, 0.25) is 0 Å². The molecule has 11 heteroatoms. The average molecular weight is 507 g/mol. The molecule has 4 N–H and O–H groups in total. The Kier molecular flexibility index (Phi) is 8.96. The van der Waals surface area contributed by atoms with E-state index in [0.717, 1.165) is 12.1 Å². The molecule has 0 spiro atoms. The predicted molar refractivity (Wildman–Crippen MR) is 110 cm³/mol. The second kappa shape index (κ2) is 11.2. The number of amides is 2. The molecule has 2 aromatic rings. The Hall–Kier alpha value is -2.50. The standard InChI is InChI=1S/C20H22BrF3N2O5/c1-30-17-6-13(16(21)7-18(17)31-11-15(28)10-27)9-26-19(29)25-8-12-2-4-14(5-3-12)20(22,23)24/h2-7,15,27-28H,8-11H2,1H3,(H2,25,26,29)/t15-/m1/s1. The number of carbonyl (C=O) groups is 1. The summed E-state index contributed by atoms with van der Waals surface area (Å²) >= 11 is 3.37. The molecule has 170 valence electrons. The number of benzene rings is 2. The Labute approximate surface area is 185 Å². The van der Waals surface area contributed by atoms with Gasteiger partial charge in [0.15, 0.2) is 11.5 Å². The zero-order valence-corrected chi connectivity index (χ0v) is 18.1. The summed E-state index contributed by atoms with van der Waals surface area (Å²) in [6.07, 6.45) is -5.44. The van der Waals surface area contributed by atoms with E-state index in [4.69, 9.17) is 14.6 Å². The minimum atomic E-state index is -4.41. The van der Waals surface area contributed by atoms with Gasteiger partial charge in [-0.25, -0.2) is 4.79 Å². The van der Waals surface area contributed by atoms with Gasteiger partial charge in [-0.15, -0.1) is 0 Å². The molecule has 2 aromatic carbocycles. The average Bonchev–Trinajstić information content (AvgIpc) is 2.74. The Bertz CT molecular complexity index is 878. The van der Waals surface area contributed by atoms with Crippen LogP contribution in [0.4, 0.5) is 18.0 Å². The van der Waals surface area contributed by atoms with E-state index in [1.54, 1.807) is 12.1 Å². The number of carbonyl (C=O) groups excluding carboxylic acids is 1. The lowest BCUT2D eigenvalue weighted by atomic mass is 10.1. The molecule has 0 heterocycles. The molecule has 2 amide bonds. The largest absolute Gasteiger partial charge is 0.493 e. The van der Waals surface area contributed by atoms with Crippen LogP contribution in [0.5, 0.6) is 11.5 Å². The number of rotatable bonds is 9. The minimum absolute atomic E-state index is 0.0639. The highest BCUT2D eigenvalue weighted by atomic mass is 79.9. The second-order valence-electron chi connectivity index (χ2n) is 6.47. The maximum atomic E-state index is 12.6. The number of urea groups is 1. The molecule has 2 rings (SSSR count). The summed E-state index contributed by atoms with van der Waals surface area (Å²) < 4.78 is 49.0. The molecular formula is C20H22BrF3N2O5. The molecule has 0 radical (unpaired) electrons. The van der Waals surface area contributed by atoms with Crippen LogP contribution in [0.25, 0.3) is 0 Å². The fraction of sp³-hybridized carbons (Fsp3) is 0.350. The van der Waals surface area contributed by atoms with E-state index < -0.39 is 30.5 Å². The lowest BCUT2D eigenvalue weighted by Gasteiger charge is -2.16. The number of methoxy groups -OCH3 is 1. The van der Waals surface area contributed by atoms with Gasteiger partial charge in [-0.2, -0.15) is 13.2 Å². The van der Waals surface area contributed by atoms with E-state index in [9.17, 15) is 23.1 Å². The summed E-state index contributed by atoms with van der Waals surface area (Å²) in [7, 11) is 1.44. The van der Waals surface area contributed by atoms with E-state index in [0.29, 0.717) is 27.1 Å². The van der Waals surface area contributed by atoms with Gasteiger partial charge in [0, 0.05) is 17.6 Å². The zero-order chi connectivity index (χ0) is 23.0. The number of hydrogen-bond acceptors (Lipinski definition) is 5. The molecule has 31 heavy (non-hydrogen) atoms. The van der Waals surface area contributed by atoms with Crippen LogP contribution < -0.4 is 20.1 Å². The van der Waals surface area contributed by atoms with Crippen molar-refractivity contribution in [2.45, 2.75) is 25.4 Å². The van der Waals surface area contributed by atoms with Gasteiger partial charge in [-0.3, -0.25) is 0 Å². The molecule has 0 aromatic heterocycles. The van der Waals surface area contributed by atoms with E-state index in [1.165, 1.54) is 19.2 Å². The molecule has 0 aliphatic carbocycles. The Morgan fingerprint density at radius 2 is 1.77 bits per heavy atom. The summed E-state index contributed by atoms with van der Waals surface area (Å²) in [4.78, 5) is 12.0. The highest BCUT2D eigenvalue weighted by molar-refractivity contribution is 9.10. The maximum Gasteiger partial charge on any atom is 0.416 e. The van der Waals surface area contributed by atoms with Crippen molar-refractivity contribution in [2.24, 2.45) is 0 Å². The lowest BCUT2D eigenvalue weighted by Crippen LogP contribution is -2.34. The van der Waals surface area contributed by atoms with Gasteiger partial charge in [-0.1, -0.05) is 28.1 Å². The van der Waals surface area contributed by atoms with Crippen molar-refractivity contribution >= 4 is 22.0 Å². The third-order valence-corrected chi connectivity index (χ3v) is 4.89. The molecule has 1 atom stereocenters. The third-order valence-electron chi connectivity index (χ3n) is 4.15. The summed E-state index contributed by atoms with van der Waals surface area (Å²) in [6.45, 7) is -0.361. The molecule has 0 saturated carbocycles. The fourth-order valence-corrected chi connectivity index (χ4v) is 2.92. The summed E-state index contributed by atoms with van der Waals surface area (Å²) in [5.74, 6) is 0.715. The van der Waals surface area contributed by atoms with E-state index in [1.807, 2.05) is 0 Å². The van der Waals surface area contributed by atoms with Crippen LogP contribution in [0.3, 0.4) is 0 Å². The SMILES string of the molecule is COc1cc(CNC(=O)NCc2ccc(C(F)(F)F)cc2)c(Br)cc1OC[C@H](O)CO. The Morgan fingerprint density at radius 1 is 1.13 bits per heavy atom. The first-order chi connectivity index (χ1) is 14.6. The molecule has 7 nitrogen and oxygen atoms in total. The first kappa shape index (κ1) is 24.8. The fourth-order valence-electron chi connectivity index (χ4n) is 2.46. The molecule has 0 aliphatic heterocycles. The van der Waals surface area contributed by atoms with Gasteiger partial charge in [0.1, 0.15) is 12.7 Å². The first-order valence-corrected chi connectivity index (χ1v) is 9.89. The van der Waals surface area contributed by atoms with Crippen LogP contribution in [-0.2, 0) is 19.3 Å². The van der Waals surface area contributed by atoms with Crippen molar-refractivity contribution in [2.75, 3.05) is 20.3 Å². The minimum Gasteiger partial charge on any atom is -0.493 e. The van der Waals surface area contributed by atoms with Gasteiger partial charge in [0.25, 0.3) is 0 Å². The van der Waals surface area contributed by atoms with Crippen LogP contribution in [-0.4, -0.2) is 42.7 Å². The molecular weight excluding hydrogens is 485 g/mol. The van der Waals surface area contributed by atoms with Gasteiger partial charge in [0.05, 0.1) is 19.3 Å². The number of hydrogen-bond donors (Lipinski definition) is 4. The van der Waals surface area contributed by atoms with Crippen molar-refractivity contribution in [1.82, 2.24) is 10.6 Å². The van der Waals surface area contributed by atoms with Gasteiger partial charge in [-0.05, 0) is 35.4 Å². The van der Waals surface area contributed by atoms with Crippen molar-refractivity contribution < 1.29 is 37.7 Å². The van der Waals surface area contributed by atoms with E-state index in [2.05, 4.69) is 26.6 Å². The highest BCUT2D eigenvalue weighted by Gasteiger charge is 2.29. The second-order valence-corrected chi connectivity index (χ2v) is 7.33. The molecule has 0 fully saturated rings. The Morgan fingerprint density at radius 3 is 2.35 bits per heavy atom. The molecule has 0 saturated heterocycles. The summed E-state index contributed by atoms with van der Waals surface area (Å²) in [5.41, 5.74) is 0.451. The quantitative estimate of drug-likeness (QED) is 0.418. The maximum absolute atomic E-state index is 12.6. The third kappa shape index (κ3) is 7.60. The number of ether oxygens (including phenoxy) is 2. The van der Waals surface area contributed by atoms with Crippen molar-refractivity contribution in [3.05, 3.63) is 57.6 Å². The molecule has 0 aliphatic rings. The normalized spacial score (nSPS) is 12.2. The summed E-state index contributed by atoms with van der Waals surface area (Å²) in [5, 5.41) is 23.5.